The minimum absolute atomic E-state index is 0.00749. The van der Waals surface area contributed by atoms with Crippen LogP contribution in [-0.4, -0.2) is 28.2 Å². The number of aliphatic hydroxyl groups excluding tert-OH is 1. The Morgan fingerprint density at radius 1 is 1.08 bits per heavy atom. The third kappa shape index (κ3) is 3.84. The molecule has 7 heteroatoms. The Hall–Kier alpha value is -3.19. The molecule has 0 atom stereocenters. The molecule has 0 spiro atoms. The van der Waals surface area contributed by atoms with E-state index < -0.39 is 4.92 Å². The minimum Gasteiger partial charge on any atom is -0.395 e. The highest BCUT2D eigenvalue weighted by Crippen LogP contribution is 2.28. The summed E-state index contributed by atoms with van der Waals surface area (Å²) in [6.45, 7) is 0.815. The number of aliphatic hydroxyl groups is 1. The first kappa shape index (κ1) is 16.7. The van der Waals surface area contributed by atoms with Crippen LogP contribution in [0.15, 0.2) is 54.7 Å². The van der Waals surface area contributed by atoms with E-state index >= 15 is 0 Å². The van der Waals surface area contributed by atoms with Gasteiger partial charge in [0, 0.05) is 36.8 Å². The molecule has 0 aliphatic heterocycles. The Labute approximate surface area is 144 Å². The Balaban J connectivity index is 1.87. The largest absolute Gasteiger partial charge is 0.395 e. The number of benzene rings is 2. The van der Waals surface area contributed by atoms with E-state index in [1.165, 1.54) is 12.1 Å². The van der Waals surface area contributed by atoms with Crippen molar-refractivity contribution in [1.82, 2.24) is 4.98 Å². The molecule has 0 saturated heterocycles. The Bertz CT molecular complexity index is 893. The van der Waals surface area contributed by atoms with Crippen molar-refractivity contribution in [1.29, 1.82) is 0 Å². The fraction of sp³-hybridized carbons (Fsp3) is 0.167. The predicted octanol–water partition coefficient (Wildman–Crippen LogP) is 3.16. The number of nitro groups is 1. The zero-order chi connectivity index (χ0) is 17.6. The zero-order valence-corrected chi connectivity index (χ0v) is 13.5. The first-order valence-electron chi connectivity index (χ1n) is 7.88. The number of fused-ring (bicyclic) bond motifs is 1. The van der Waals surface area contributed by atoms with Crippen LogP contribution in [0.5, 0.6) is 0 Å². The molecule has 3 aromatic rings. The molecule has 0 radical (unpaired) electrons. The van der Waals surface area contributed by atoms with Gasteiger partial charge in [-0.2, -0.15) is 0 Å². The van der Waals surface area contributed by atoms with Gasteiger partial charge in [-0.15, -0.1) is 0 Å². The average Bonchev–Trinajstić information content (AvgIpc) is 2.64. The molecule has 0 saturated carbocycles. The molecule has 0 aliphatic carbocycles. The number of non-ortho nitro benzene ring substituents is 1. The SMILES string of the molecule is O=[N+]([O-])c1ccc(NCCO)c(NCc2cccc3cccnc23)c1. The molecule has 0 fully saturated rings. The molecule has 7 nitrogen and oxygen atoms in total. The summed E-state index contributed by atoms with van der Waals surface area (Å²) in [7, 11) is 0. The van der Waals surface area contributed by atoms with Crippen molar-refractivity contribution < 1.29 is 10.0 Å². The predicted molar refractivity (Wildman–Crippen MR) is 97.7 cm³/mol. The van der Waals surface area contributed by atoms with Crippen LogP contribution in [0.2, 0.25) is 0 Å². The van der Waals surface area contributed by atoms with Gasteiger partial charge in [-0.05, 0) is 17.7 Å². The van der Waals surface area contributed by atoms with Crippen LogP contribution >= 0.6 is 0 Å². The molecule has 1 aromatic heterocycles. The van der Waals surface area contributed by atoms with Crippen LogP contribution in [-0.2, 0) is 6.54 Å². The quantitative estimate of drug-likeness (QED) is 0.452. The number of hydrogen-bond acceptors (Lipinski definition) is 6. The molecule has 2 aromatic carbocycles. The molecule has 3 rings (SSSR count). The molecule has 0 aliphatic rings. The minimum atomic E-state index is -0.430. The van der Waals surface area contributed by atoms with Gasteiger partial charge in [-0.25, -0.2) is 0 Å². The van der Waals surface area contributed by atoms with Crippen LogP contribution in [0.1, 0.15) is 5.56 Å². The maximum atomic E-state index is 11.0. The van der Waals surface area contributed by atoms with Gasteiger partial charge in [0.2, 0.25) is 0 Å². The Morgan fingerprint density at radius 2 is 1.92 bits per heavy atom. The van der Waals surface area contributed by atoms with Gasteiger partial charge in [-0.3, -0.25) is 15.1 Å². The number of aromatic nitrogens is 1. The summed E-state index contributed by atoms with van der Waals surface area (Å²) < 4.78 is 0. The molecule has 0 unspecified atom stereocenters. The lowest BCUT2D eigenvalue weighted by molar-refractivity contribution is -0.384. The number of anilines is 2. The molecule has 3 N–H and O–H groups in total. The van der Waals surface area contributed by atoms with E-state index in [1.54, 1.807) is 12.3 Å². The van der Waals surface area contributed by atoms with Crippen LogP contribution < -0.4 is 10.6 Å². The number of nitrogens with one attached hydrogen (secondary N) is 2. The van der Waals surface area contributed by atoms with Crippen LogP contribution in [0, 0.1) is 10.1 Å². The molecular formula is C18H18N4O3. The van der Waals surface area contributed by atoms with Crippen LogP contribution in [0.25, 0.3) is 10.9 Å². The van der Waals surface area contributed by atoms with E-state index in [9.17, 15) is 10.1 Å². The highest BCUT2D eigenvalue weighted by atomic mass is 16.6. The number of nitro benzene ring substituents is 1. The summed E-state index contributed by atoms with van der Waals surface area (Å²) in [6.07, 6.45) is 1.74. The number of hydrogen-bond donors (Lipinski definition) is 3. The van der Waals surface area contributed by atoms with Crippen molar-refractivity contribution in [2.24, 2.45) is 0 Å². The van der Waals surface area contributed by atoms with Crippen molar-refractivity contribution in [2.75, 3.05) is 23.8 Å². The molecule has 1 heterocycles. The summed E-state index contributed by atoms with van der Waals surface area (Å²) in [5.74, 6) is 0. The van der Waals surface area contributed by atoms with Crippen molar-refractivity contribution in [3.8, 4) is 0 Å². The molecule has 0 amide bonds. The number of para-hydroxylation sites is 1. The summed E-state index contributed by atoms with van der Waals surface area (Å²) in [4.78, 5) is 15.0. The lowest BCUT2D eigenvalue weighted by Crippen LogP contribution is -2.09. The topological polar surface area (TPSA) is 100 Å². The van der Waals surface area contributed by atoms with Crippen molar-refractivity contribution in [3.63, 3.8) is 0 Å². The third-order valence-electron chi connectivity index (χ3n) is 3.83. The summed E-state index contributed by atoms with van der Waals surface area (Å²) >= 11 is 0. The normalized spacial score (nSPS) is 10.6. The fourth-order valence-electron chi connectivity index (χ4n) is 2.64. The second-order valence-corrected chi connectivity index (χ2v) is 5.48. The lowest BCUT2D eigenvalue weighted by Gasteiger charge is -2.14. The van der Waals surface area contributed by atoms with Gasteiger partial charge in [0.1, 0.15) is 0 Å². The van der Waals surface area contributed by atoms with Gasteiger partial charge in [0.05, 0.1) is 28.4 Å². The summed E-state index contributed by atoms with van der Waals surface area (Å²) in [5, 5.41) is 27.4. The zero-order valence-electron chi connectivity index (χ0n) is 13.5. The van der Waals surface area contributed by atoms with Gasteiger partial charge in [0.25, 0.3) is 5.69 Å². The second-order valence-electron chi connectivity index (χ2n) is 5.48. The monoisotopic (exact) mass is 338 g/mol. The van der Waals surface area contributed by atoms with Crippen molar-refractivity contribution in [2.45, 2.75) is 6.54 Å². The summed E-state index contributed by atoms with van der Waals surface area (Å²) in [5.41, 5.74) is 3.21. The Morgan fingerprint density at radius 3 is 2.72 bits per heavy atom. The van der Waals surface area contributed by atoms with Gasteiger partial charge >= 0.3 is 0 Å². The first-order valence-corrected chi connectivity index (χ1v) is 7.88. The van der Waals surface area contributed by atoms with Crippen LogP contribution in [0.3, 0.4) is 0 Å². The third-order valence-corrected chi connectivity index (χ3v) is 3.83. The molecular weight excluding hydrogens is 320 g/mol. The lowest BCUT2D eigenvalue weighted by atomic mass is 10.1. The summed E-state index contributed by atoms with van der Waals surface area (Å²) in [6, 6.07) is 14.4. The van der Waals surface area contributed by atoms with E-state index in [2.05, 4.69) is 15.6 Å². The average molecular weight is 338 g/mol. The van der Waals surface area contributed by atoms with E-state index in [4.69, 9.17) is 5.11 Å². The van der Waals surface area contributed by atoms with E-state index in [-0.39, 0.29) is 12.3 Å². The van der Waals surface area contributed by atoms with E-state index in [0.29, 0.717) is 24.5 Å². The van der Waals surface area contributed by atoms with Gasteiger partial charge < -0.3 is 15.7 Å². The highest BCUT2D eigenvalue weighted by Gasteiger charge is 2.11. The van der Waals surface area contributed by atoms with Crippen molar-refractivity contribution in [3.05, 3.63) is 70.4 Å². The maximum absolute atomic E-state index is 11.0. The number of rotatable bonds is 7. The van der Waals surface area contributed by atoms with Crippen molar-refractivity contribution >= 4 is 28.0 Å². The number of nitrogens with zero attached hydrogens (tertiary/aromatic N) is 2. The molecule has 0 bridgehead atoms. The van der Waals surface area contributed by atoms with E-state index in [1.807, 2.05) is 30.3 Å². The Kier molecular flexibility index (Phi) is 5.06. The number of pyridine rings is 1. The fourth-order valence-corrected chi connectivity index (χ4v) is 2.64. The first-order chi connectivity index (χ1) is 12.2. The second kappa shape index (κ2) is 7.59. The van der Waals surface area contributed by atoms with Gasteiger partial charge in [-0.1, -0.05) is 24.3 Å². The molecule has 25 heavy (non-hydrogen) atoms. The van der Waals surface area contributed by atoms with Gasteiger partial charge in [0.15, 0.2) is 0 Å². The standard InChI is InChI=1S/C18H18N4O3/c23-10-9-19-16-7-6-15(22(24)25)11-17(16)21-12-14-4-1-3-13-5-2-8-20-18(13)14/h1-8,11,19,21,23H,9-10,12H2. The maximum Gasteiger partial charge on any atom is 0.271 e. The van der Waals surface area contributed by atoms with Crippen LogP contribution in [0.4, 0.5) is 17.1 Å². The molecule has 128 valence electrons. The highest BCUT2D eigenvalue weighted by molar-refractivity contribution is 5.82. The van der Waals surface area contributed by atoms with E-state index in [0.717, 1.165) is 16.5 Å². The smallest absolute Gasteiger partial charge is 0.271 e.